The maximum Gasteiger partial charge on any atom is 0.164 e. The van der Waals surface area contributed by atoms with E-state index in [0.29, 0.717) is 17.5 Å². The van der Waals surface area contributed by atoms with Crippen LogP contribution in [0.15, 0.2) is 170 Å². The maximum atomic E-state index is 4.93. The number of fused-ring (bicyclic) bond motifs is 6. The van der Waals surface area contributed by atoms with Gasteiger partial charge in [-0.2, -0.15) is 0 Å². The number of aromatic amines is 1. The van der Waals surface area contributed by atoms with Gasteiger partial charge in [0.25, 0.3) is 0 Å². The van der Waals surface area contributed by atoms with Gasteiger partial charge in [0, 0.05) is 55.0 Å². The summed E-state index contributed by atoms with van der Waals surface area (Å²) in [5, 5.41) is 4.93. The molecule has 3 heterocycles. The third-order valence-corrected chi connectivity index (χ3v) is 9.60. The Hall–Kier alpha value is -6.85. The summed E-state index contributed by atoms with van der Waals surface area (Å²) in [6.07, 6.45) is 0. The summed E-state index contributed by atoms with van der Waals surface area (Å²) in [6, 6.07) is 59.4. The van der Waals surface area contributed by atoms with Crippen LogP contribution in [0.25, 0.3) is 94.6 Å². The van der Waals surface area contributed by atoms with Gasteiger partial charge in [-0.1, -0.05) is 109 Å². The van der Waals surface area contributed by atoms with Crippen molar-refractivity contribution in [3.8, 4) is 51.0 Å². The quantitative estimate of drug-likeness (QED) is 0.204. The van der Waals surface area contributed by atoms with E-state index in [9.17, 15) is 0 Å². The molecular formula is C45H29N5. The minimum atomic E-state index is 0.642. The summed E-state index contributed by atoms with van der Waals surface area (Å²) in [5.41, 5.74) is 11.0. The predicted octanol–water partition coefficient (Wildman–Crippen LogP) is 11.3. The van der Waals surface area contributed by atoms with Gasteiger partial charge < -0.3 is 9.55 Å². The number of benzene rings is 7. The highest BCUT2D eigenvalue weighted by Crippen LogP contribution is 2.37. The molecule has 5 nitrogen and oxygen atoms in total. The number of nitrogens with zero attached hydrogens (tertiary/aromatic N) is 4. The van der Waals surface area contributed by atoms with Gasteiger partial charge in [-0.05, 0) is 71.8 Å². The van der Waals surface area contributed by atoms with Gasteiger partial charge in [0.05, 0.1) is 11.0 Å². The first-order valence-corrected chi connectivity index (χ1v) is 16.8. The lowest BCUT2D eigenvalue weighted by Gasteiger charge is -2.11. The normalized spacial score (nSPS) is 11.6. The smallest absolute Gasteiger partial charge is 0.164 e. The van der Waals surface area contributed by atoms with Gasteiger partial charge in [-0.25, -0.2) is 15.0 Å². The molecule has 0 amide bonds. The van der Waals surface area contributed by atoms with Crippen LogP contribution in [0.5, 0.6) is 0 Å². The molecule has 0 atom stereocenters. The number of rotatable bonds is 5. The molecule has 5 heteroatoms. The van der Waals surface area contributed by atoms with Crippen molar-refractivity contribution >= 4 is 43.6 Å². The molecule has 0 radical (unpaired) electrons. The molecule has 0 aliphatic rings. The topological polar surface area (TPSA) is 59.4 Å². The highest BCUT2D eigenvalue weighted by atomic mass is 15.0. The molecule has 0 unspecified atom stereocenters. The zero-order valence-electron chi connectivity index (χ0n) is 27.0. The Morgan fingerprint density at radius 1 is 0.340 bits per heavy atom. The zero-order valence-corrected chi connectivity index (χ0v) is 27.0. The molecule has 0 bridgehead atoms. The number of aromatic nitrogens is 5. The Morgan fingerprint density at radius 2 is 0.820 bits per heavy atom. The van der Waals surface area contributed by atoms with Crippen molar-refractivity contribution in [2.24, 2.45) is 0 Å². The van der Waals surface area contributed by atoms with Crippen LogP contribution in [0.4, 0.5) is 0 Å². The molecule has 0 fully saturated rings. The summed E-state index contributed by atoms with van der Waals surface area (Å²) in [6.45, 7) is 0. The fraction of sp³-hybridized carbons (Fsp3) is 0. The minimum Gasteiger partial charge on any atom is -0.355 e. The predicted molar refractivity (Wildman–Crippen MR) is 205 cm³/mol. The van der Waals surface area contributed by atoms with Crippen molar-refractivity contribution in [1.29, 1.82) is 0 Å². The average molecular weight is 640 g/mol. The van der Waals surface area contributed by atoms with Gasteiger partial charge in [-0.15, -0.1) is 0 Å². The Morgan fingerprint density at radius 3 is 1.50 bits per heavy atom. The molecule has 0 saturated carbocycles. The summed E-state index contributed by atoms with van der Waals surface area (Å²) in [5.74, 6) is 1.95. The van der Waals surface area contributed by atoms with E-state index in [4.69, 9.17) is 15.0 Å². The molecule has 234 valence electrons. The highest BCUT2D eigenvalue weighted by molar-refractivity contribution is 6.11. The van der Waals surface area contributed by atoms with E-state index in [1.54, 1.807) is 0 Å². The van der Waals surface area contributed by atoms with Gasteiger partial charge in [-0.3, -0.25) is 0 Å². The van der Waals surface area contributed by atoms with E-state index in [-0.39, 0.29) is 0 Å². The Kier molecular flexibility index (Phi) is 6.42. The van der Waals surface area contributed by atoms with E-state index >= 15 is 0 Å². The van der Waals surface area contributed by atoms with E-state index in [2.05, 4.69) is 119 Å². The first kappa shape index (κ1) is 28.2. The van der Waals surface area contributed by atoms with E-state index in [1.807, 2.05) is 60.7 Å². The van der Waals surface area contributed by atoms with Crippen molar-refractivity contribution in [2.45, 2.75) is 0 Å². The van der Waals surface area contributed by atoms with Gasteiger partial charge in [0.15, 0.2) is 17.5 Å². The largest absolute Gasteiger partial charge is 0.355 e. The maximum absolute atomic E-state index is 4.93. The monoisotopic (exact) mass is 639 g/mol. The minimum absolute atomic E-state index is 0.642. The van der Waals surface area contributed by atoms with Gasteiger partial charge >= 0.3 is 0 Å². The van der Waals surface area contributed by atoms with E-state index in [0.717, 1.165) is 44.4 Å². The summed E-state index contributed by atoms with van der Waals surface area (Å²) < 4.78 is 2.35. The number of hydrogen-bond donors (Lipinski definition) is 1. The molecule has 3 aromatic heterocycles. The molecule has 10 rings (SSSR count). The van der Waals surface area contributed by atoms with Crippen molar-refractivity contribution in [3.05, 3.63) is 170 Å². The summed E-state index contributed by atoms with van der Waals surface area (Å²) >= 11 is 0. The average Bonchev–Trinajstić information content (AvgIpc) is 3.73. The fourth-order valence-electron chi connectivity index (χ4n) is 7.16. The third-order valence-electron chi connectivity index (χ3n) is 9.60. The summed E-state index contributed by atoms with van der Waals surface area (Å²) in [4.78, 5) is 18.3. The van der Waals surface area contributed by atoms with Crippen molar-refractivity contribution in [2.75, 3.05) is 0 Å². The molecule has 0 aliphatic heterocycles. The highest BCUT2D eigenvalue weighted by Gasteiger charge is 2.16. The van der Waals surface area contributed by atoms with Crippen LogP contribution in [0.3, 0.4) is 0 Å². The second kappa shape index (κ2) is 11.4. The lowest BCUT2D eigenvalue weighted by atomic mass is 10.0. The van der Waals surface area contributed by atoms with Crippen LogP contribution in [0, 0.1) is 0 Å². The van der Waals surface area contributed by atoms with Crippen LogP contribution >= 0.6 is 0 Å². The number of nitrogens with one attached hydrogen (secondary N) is 1. The number of hydrogen-bond acceptors (Lipinski definition) is 3. The van der Waals surface area contributed by atoms with Crippen LogP contribution < -0.4 is 0 Å². The van der Waals surface area contributed by atoms with Crippen LogP contribution in [-0.2, 0) is 0 Å². The second-order valence-electron chi connectivity index (χ2n) is 12.6. The van der Waals surface area contributed by atoms with Gasteiger partial charge in [0.1, 0.15) is 0 Å². The van der Waals surface area contributed by atoms with Crippen molar-refractivity contribution < 1.29 is 0 Å². The third kappa shape index (κ3) is 4.67. The summed E-state index contributed by atoms with van der Waals surface area (Å²) in [7, 11) is 0. The Labute approximate surface area is 288 Å². The Bertz CT molecular complexity index is 2790. The molecule has 1 N–H and O–H groups in total. The number of para-hydroxylation sites is 2. The first-order valence-electron chi connectivity index (χ1n) is 16.8. The van der Waals surface area contributed by atoms with Crippen molar-refractivity contribution in [3.63, 3.8) is 0 Å². The van der Waals surface area contributed by atoms with Crippen LogP contribution in [0.1, 0.15) is 0 Å². The molecule has 0 saturated heterocycles. The lowest BCUT2D eigenvalue weighted by Crippen LogP contribution is -2.00. The Balaban J connectivity index is 1.07. The number of H-pyrrole nitrogens is 1. The zero-order chi connectivity index (χ0) is 33.0. The second-order valence-corrected chi connectivity index (χ2v) is 12.6. The van der Waals surface area contributed by atoms with Crippen molar-refractivity contribution in [1.82, 2.24) is 24.5 Å². The molecule has 50 heavy (non-hydrogen) atoms. The molecule has 0 spiro atoms. The standard InChI is InChI=1S/C45H29N5/c1-3-11-29(12-4-1)43-47-44(30-13-5-2-6-14-30)49-45(48-43)31-19-23-34(24-20-31)50-41-18-10-8-16-36(41)38-28-33(22-26-42(38)50)32-21-25-40-37(27-32)35-15-7-9-17-39(35)46-40/h1-28,46H. The molecular weight excluding hydrogens is 611 g/mol. The van der Waals surface area contributed by atoms with Crippen LogP contribution in [0.2, 0.25) is 0 Å². The van der Waals surface area contributed by atoms with E-state index in [1.165, 1.54) is 32.7 Å². The van der Waals surface area contributed by atoms with Gasteiger partial charge in [0.2, 0.25) is 0 Å². The molecule has 10 aromatic rings. The van der Waals surface area contributed by atoms with Crippen LogP contribution in [-0.4, -0.2) is 24.5 Å². The molecule has 7 aromatic carbocycles. The molecule has 0 aliphatic carbocycles. The lowest BCUT2D eigenvalue weighted by molar-refractivity contribution is 1.07. The SMILES string of the molecule is c1ccc(-c2nc(-c3ccccc3)nc(-c3ccc(-n4c5ccccc5c5cc(-c6ccc7[nH]c8ccccc8c7c6)ccc54)cc3)n2)cc1. The fourth-order valence-corrected chi connectivity index (χ4v) is 7.16. The van der Waals surface area contributed by atoms with E-state index < -0.39 is 0 Å². The first-order chi connectivity index (χ1) is 24.8.